The van der Waals surface area contributed by atoms with Crippen molar-refractivity contribution in [2.75, 3.05) is 4.72 Å². The van der Waals surface area contributed by atoms with Crippen LogP contribution in [0.1, 0.15) is 34.5 Å². The number of aryl methyl sites for hydroxylation is 1. The molecule has 2 N–H and O–H groups in total. The van der Waals surface area contributed by atoms with E-state index < -0.39 is 10.0 Å². The average Bonchev–Trinajstić information content (AvgIpc) is 2.70. The molecule has 7 heteroatoms. The van der Waals surface area contributed by atoms with E-state index in [-0.39, 0.29) is 22.7 Å². The van der Waals surface area contributed by atoms with E-state index in [9.17, 15) is 17.6 Å². The standard InChI is InChI=1S/C22H21FN2O3S/c1-15-5-3-4-6-21(15)25-29(27,28)20-13-9-18(10-14-20)22(26)24-16(2)17-7-11-19(23)12-8-17/h3-14,16,25H,1-2H3,(H,24,26). The van der Waals surface area contributed by atoms with Gasteiger partial charge in [-0.3, -0.25) is 9.52 Å². The number of carbonyl (C=O) groups is 1. The van der Waals surface area contributed by atoms with Crippen LogP contribution in [-0.2, 0) is 10.0 Å². The van der Waals surface area contributed by atoms with Crippen LogP contribution in [0, 0.1) is 12.7 Å². The first-order valence-electron chi connectivity index (χ1n) is 9.01. The Balaban J connectivity index is 1.71. The summed E-state index contributed by atoms with van der Waals surface area (Å²) < 4.78 is 40.7. The topological polar surface area (TPSA) is 75.3 Å². The molecule has 29 heavy (non-hydrogen) atoms. The van der Waals surface area contributed by atoms with E-state index in [0.717, 1.165) is 11.1 Å². The first kappa shape index (κ1) is 20.5. The van der Waals surface area contributed by atoms with Gasteiger partial charge in [0.2, 0.25) is 0 Å². The summed E-state index contributed by atoms with van der Waals surface area (Å²) in [5, 5.41) is 2.81. The molecular weight excluding hydrogens is 391 g/mol. The third kappa shape index (κ3) is 5.00. The lowest BCUT2D eigenvalue weighted by Crippen LogP contribution is -2.26. The molecule has 0 bridgehead atoms. The maximum atomic E-state index is 13.0. The molecule has 150 valence electrons. The summed E-state index contributed by atoms with van der Waals surface area (Å²) in [5.74, 6) is -0.694. The largest absolute Gasteiger partial charge is 0.346 e. The Hall–Kier alpha value is -3.19. The Labute approximate surface area is 169 Å². The minimum Gasteiger partial charge on any atom is -0.346 e. The monoisotopic (exact) mass is 412 g/mol. The molecule has 0 fully saturated rings. The van der Waals surface area contributed by atoms with Crippen molar-refractivity contribution in [1.29, 1.82) is 0 Å². The summed E-state index contributed by atoms with van der Waals surface area (Å²) in [4.78, 5) is 12.5. The van der Waals surface area contributed by atoms with Crippen molar-refractivity contribution in [2.24, 2.45) is 0 Å². The summed E-state index contributed by atoms with van der Waals surface area (Å²) in [6.45, 7) is 3.60. The lowest BCUT2D eigenvalue weighted by atomic mass is 10.1. The van der Waals surface area contributed by atoms with Crippen molar-refractivity contribution >= 4 is 21.6 Å². The molecule has 0 saturated carbocycles. The van der Waals surface area contributed by atoms with Crippen LogP contribution in [-0.4, -0.2) is 14.3 Å². The first-order valence-corrected chi connectivity index (χ1v) is 10.5. The molecule has 5 nitrogen and oxygen atoms in total. The normalized spacial score (nSPS) is 12.2. The highest BCUT2D eigenvalue weighted by Gasteiger charge is 2.17. The third-order valence-electron chi connectivity index (χ3n) is 4.53. The molecule has 1 amide bonds. The van der Waals surface area contributed by atoms with E-state index in [1.807, 2.05) is 19.1 Å². The van der Waals surface area contributed by atoms with Crippen molar-refractivity contribution in [2.45, 2.75) is 24.8 Å². The molecule has 0 heterocycles. The quantitative estimate of drug-likeness (QED) is 0.629. The Kier molecular flexibility index (Phi) is 5.98. The molecule has 0 aliphatic rings. The van der Waals surface area contributed by atoms with Crippen LogP contribution in [0.5, 0.6) is 0 Å². The molecule has 0 aliphatic carbocycles. The highest BCUT2D eigenvalue weighted by molar-refractivity contribution is 7.92. The second kappa shape index (κ2) is 8.45. The lowest BCUT2D eigenvalue weighted by molar-refractivity contribution is 0.0940. The van der Waals surface area contributed by atoms with Gasteiger partial charge in [0.15, 0.2) is 0 Å². The number of nitrogens with one attached hydrogen (secondary N) is 2. The van der Waals surface area contributed by atoms with Crippen LogP contribution in [0.15, 0.2) is 77.7 Å². The van der Waals surface area contributed by atoms with E-state index in [4.69, 9.17) is 0 Å². The Bertz CT molecular complexity index is 1110. The van der Waals surface area contributed by atoms with Crippen molar-refractivity contribution in [3.8, 4) is 0 Å². The second-order valence-corrected chi connectivity index (χ2v) is 8.37. The van der Waals surface area contributed by atoms with Gasteiger partial charge in [-0.25, -0.2) is 12.8 Å². The Morgan fingerprint density at radius 3 is 2.17 bits per heavy atom. The predicted octanol–water partition coefficient (Wildman–Crippen LogP) is 4.43. The Morgan fingerprint density at radius 2 is 1.55 bits per heavy atom. The predicted molar refractivity (Wildman–Crippen MR) is 111 cm³/mol. The minimum atomic E-state index is -3.77. The number of halogens is 1. The van der Waals surface area contributed by atoms with E-state index in [0.29, 0.717) is 11.3 Å². The Morgan fingerprint density at radius 1 is 0.931 bits per heavy atom. The maximum absolute atomic E-state index is 13.0. The molecule has 3 aromatic rings. The van der Waals surface area contributed by atoms with Crippen LogP contribution >= 0.6 is 0 Å². The van der Waals surface area contributed by atoms with Gasteiger partial charge in [0.25, 0.3) is 15.9 Å². The lowest BCUT2D eigenvalue weighted by Gasteiger charge is -2.15. The number of para-hydroxylation sites is 1. The van der Waals surface area contributed by atoms with Crippen LogP contribution in [0.4, 0.5) is 10.1 Å². The van der Waals surface area contributed by atoms with Gasteiger partial charge >= 0.3 is 0 Å². The molecule has 3 aromatic carbocycles. The minimum absolute atomic E-state index is 0.0592. The first-order chi connectivity index (χ1) is 13.8. The molecule has 3 rings (SSSR count). The van der Waals surface area contributed by atoms with Crippen LogP contribution in [0.2, 0.25) is 0 Å². The zero-order valence-electron chi connectivity index (χ0n) is 16.0. The molecule has 1 atom stereocenters. The maximum Gasteiger partial charge on any atom is 0.261 e. The van der Waals surface area contributed by atoms with Gasteiger partial charge in [0.1, 0.15) is 5.82 Å². The second-order valence-electron chi connectivity index (χ2n) is 6.69. The highest BCUT2D eigenvalue weighted by Crippen LogP contribution is 2.20. The van der Waals surface area contributed by atoms with E-state index >= 15 is 0 Å². The number of rotatable bonds is 6. The average molecular weight is 412 g/mol. The summed E-state index contributed by atoms with van der Waals surface area (Å²) in [6, 6.07) is 18.3. The fourth-order valence-corrected chi connectivity index (χ4v) is 3.92. The van der Waals surface area contributed by atoms with Crippen molar-refractivity contribution < 1.29 is 17.6 Å². The summed E-state index contributed by atoms with van der Waals surface area (Å²) in [7, 11) is -3.77. The number of hydrogen-bond acceptors (Lipinski definition) is 3. The van der Waals surface area contributed by atoms with E-state index in [1.165, 1.54) is 36.4 Å². The van der Waals surface area contributed by atoms with Gasteiger partial charge in [0, 0.05) is 5.56 Å². The summed E-state index contributed by atoms with van der Waals surface area (Å²) >= 11 is 0. The molecule has 0 aliphatic heterocycles. The van der Waals surface area contributed by atoms with Gasteiger partial charge in [0.05, 0.1) is 16.6 Å². The van der Waals surface area contributed by atoms with Gasteiger partial charge in [-0.15, -0.1) is 0 Å². The molecule has 1 unspecified atom stereocenters. The number of hydrogen-bond donors (Lipinski definition) is 2. The van der Waals surface area contributed by atoms with Crippen LogP contribution < -0.4 is 10.0 Å². The number of sulfonamides is 1. The molecule has 0 saturated heterocycles. The smallest absolute Gasteiger partial charge is 0.261 e. The molecule has 0 spiro atoms. The molecule has 0 aromatic heterocycles. The van der Waals surface area contributed by atoms with Gasteiger partial charge < -0.3 is 5.32 Å². The van der Waals surface area contributed by atoms with Gasteiger partial charge in [-0.05, 0) is 67.4 Å². The van der Waals surface area contributed by atoms with Crippen molar-refractivity contribution in [3.05, 3.63) is 95.3 Å². The van der Waals surface area contributed by atoms with Crippen molar-refractivity contribution in [1.82, 2.24) is 5.32 Å². The molecular formula is C22H21FN2O3S. The van der Waals surface area contributed by atoms with Crippen LogP contribution in [0.3, 0.4) is 0 Å². The van der Waals surface area contributed by atoms with Gasteiger partial charge in [-0.2, -0.15) is 0 Å². The highest BCUT2D eigenvalue weighted by atomic mass is 32.2. The SMILES string of the molecule is Cc1ccccc1NS(=O)(=O)c1ccc(C(=O)NC(C)c2ccc(F)cc2)cc1. The third-order valence-corrected chi connectivity index (χ3v) is 5.92. The van der Waals surface area contributed by atoms with E-state index in [1.54, 1.807) is 31.2 Å². The van der Waals surface area contributed by atoms with Crippen molar-refractivity contribution in [3.63, 3.8) is 0 Å². The van der Waals surface area contributed by atoms with Crippen LogP contribution in [0.25, 0.3) is 0 Å². The fraction of sp³-hybridized carbons (Fsp3) is 0.136. The number of anilines is 1. The summed E-state index contributed by atoms with van der Waals surface area (Å²) in [6.07, 6.45) is 0. The fourth-order valence-electron chi connectivity index (χ4n) is 2.79. The number of carbonyl (C=O) groups excluding carboxylic acids is 1. The zero-order chi connectivity index (χ0) is 21.0. The number of benzene rings is 3. The number of amides is 1. The summed E-state index contributed by atoms with van der Waals surface area (Å²) in [5.41, 5.74) is 2.40. The van der Waals surface area contributed by atoms with E-state index in [2.05, 4.69) is 10.0 Å². The van der Waals surface area contributed by atoms with Gasteiger partial charge in [-0.1, -0.05) is 30.3 Å². The molecule has 0 radical (unpaired) electrons. The zero-order valence-corrected chi connectivity index (χ0v) is 16.8.